The van der Waals surface area contributed by atoms with Crippen molar-refractivity contribution in [2.45, 2.75) is 13.0 Å². The van der Waals surface area contributed by atoms with Crippen LogP contribution < -0.4 is 10.6 Å². The Morgan fingerprint density at radius 1 is 1.33 bits per heavy atom. The Kier molecular flexibility index (Phi) is 6.82. The average molecular weight is 433 g/mol. The van der Waals surface area contributed by atoms with Crippen LogP contribution in [-0.2, 0) is 6.54 Å². The first-order valence-electron chi connectivity index (χ1n) is 6.49. The predicted octanol–water partition coefficient (Wildman–Crippen LogP) is 3.58. The topological polar surface area (TPSA) is 54.0 Å². The van der Waals surface area contributed by atoms with Crippen LogP contribution in [0, 0.1) is 0 Å². The SMILES string of the molecule is O=C(NCCCNCc1cccnc1)c1cc(Br)sc1Br. The number of hydrogen-bond acceptors (Lipinski definition) is 4. The number of rotatable bonds is 7. The molecule has 0 saturated carbocycles. The van der Waals surface area contributed by atoms with Gasteiger partial charge in [-0.15, -0.1) is 11.3 Å². The van der Waals surface area contributed by atoms with Gasteiger partial charge in [-0.2, -0.15) is 0 Å². The van der Waals surface area contributed by atoms with E-state index in [1.807, 2.05) is 24.4 Å². The lowest BCUT2D eigenvalue weighted by molar-refractivity contribution is 0.0953. The van der Waals surface area contributed by atoms with E-state index in [9.17, 15) is 4.79 Å². The lowest BCUT2D eigenvalue weighted by Gasteiger charge is -2.06. The highest BCUT2D eigenvalue weighted by Gasteiger charge is 2.12. The summed E-state index contributed by atoms with van der Waals surface area (Å²) < 4.78 is 1.79. The molecule has 0 aliphatic carbocycles. The minimum absolute atomic E-state index is 0.0453. The second kappa shape index (κ2) is 8.63. The number of halogens is 2. The fourth-order valence-corrected chi connectivity index (χ4v) is 4.53. The zero-order chi connectivity index (χ0) is 15.1. The minimum atomic E-state index is -0.0453. The van der Waals surface area contributed by atoms with Crippen molar-refractivity contribution in [1.29, 1.82) is 0 Å². The summed E-state index contributed by atoms with van der Waals surface area (Å²) in [6, 6.07) is 5.78. The molecule has 0 spiro atoms. The summed E-state index contributed by atoms with van der Waals surface area (Å²) in [4.78, 5) is 16.0. The standard InChI is InChI=1S/C14H15Br2N3OS/c15-12-7-11(13(16)21-12)14(20)19-6-2-5-18-9-10-3-1-4-17-8-10/h1,3-4,7-8,18H,2,5-6,9H2,(H,19,20). The molecule has 0 aliphatic rings. The van der Waals surface area contributed by atoms with E-state index in [1.54, 1.807) is 6.20 Å². The molecule has 21 heavy (non-hydrogen) atoms. The van der Waals surface area contributed by atoms with Gasteiger partial charge in [0.1, 0.15) is 0 Å². The van der Waals surface area contributed by atoms with E-state index in [1.165, 1.54) is 11.3 Å². The molecule has 0 radical (unpaired) electrons. The molecule has 2 aromatic rings. The molecule has 4 nitrogen and oxygen atoms in total. The Bertz CT molecular complexity index is 589. The maximum Gasteiger partial charge on any atom is 0.253 e. The zero-order valence-electron chi connectivity index (χ0n) is 11.2. The highest BCUT2D eigenvalue weighted by molar-refractivity contribution is 9.12. The van der Waals surface area contributed by atoms with Crippen molar-refractivity contribution < 1.29 is 4.79 Å². The summed E-state index contributed by atoms with van der Waals surface area (Å²) in [5.74, 6) is -0.0453. The van der Waals surface area contributed by atoms with Crippen molar-refractivity contribution >= 4 is 49.1 Å². The first kappa shape index (κ1) is 16.6. The van der Waals surface area contributed by atoms with Crippen LogP contribution in [0.5, 0.6) is 0 Å². The summed E-state index contributed by atoms with van der Waals surface area (Å²) in [5, 5.41) is 6.24. The lowest BCUT2D eigenvalue weighted by atomic mass is 10.3. The van der Waals surface area contributed by atoms with Gasteiger partial charge in [0, 0.05) is 25.5 Å². The number of carbonyl (C=O) groups excluding carboxylic acids is 1. The number of amides is 1. The van der Waals surface area contributed by atoms with Crippen molar-refractivity contribution in [3.63, 3.8) is 0 Å². The Hall–Kier alpha value is -0.760. The van der Waals surface area contributed by atoms with Crippen molar-refractivity contribution in [1.82, 2.24) is 15.6 Å². The molecule has 1 amide bonds. The maximum atomic E-state index is 11.9. The third kappa shape index (κ3) is 5.50. The molecule has 0 saturated heterocycles. The number of thiophene rings is 1. The first-order chi connectivity index (χ1) is 10.2. The Morgan fingerprint density at radius 3 is 2.86 bits per heavy atom. The Morgan fingerprint density at radius 2 is 2.19 bits per heavy atom. The summed E-state index contributed by atoms with van der Waals surface area (Å²) >= 11 is 8.25. The maximum absolute atomic E-state index is 11.9. The summed E-state index contributed by atoms with van der Waals surface area (Å²) in [7, 11) is 0. The van der Waals surface area contributed by atoms with Gasteiger partial charge in [0.25, 0.3) is 5.91 Å². The molecule has 7 heteroatoms. The van der Waals surface area contributed by atoms with Gasteiger partial charge >= 0.3 is 0 Å². The van der Waals surface area contributed by atoms with E-state index in [0.29, 0.717) is 12.1 Å². The second-order valence-corrected chi connectivity index (χ2v) is 8.13. The molecule has 0 atom stereocenters. The minimum Gasteiger partial charge on any atom is -0.352 e. The number of aromatic nitrogens is 1. The van der Waals surface area contributed by atoms with Gasteiger partial charge in [-0.05, 0) is 62.5 Å². The van der Waals surface area contributed by atoms with E-state index in [-0.39, 0.29) is 5.91 Å². The molecule has 2 heterocycles. The number of nitrogens with zero attached hydrogens (tertiary/aromatic N) is 1. The van der Waals surface area contributed by atoms with E-state index >= 15 is 0 Å². The van der Waals surface area contributed by atoms with Crippen LogP contribution in [0.4, 0.5) is 0 Å². The molecule has 0 fully saturated rings. The van der Waals surface area contributed by atoms with Gasteiger partial charge in [-0.25, -0.2) is 0 Å². The molecule has 2 aromatic heterocycles. The van der Waals surface area contributed by atoms with Gasteiger partial charge in [-0.1, -0.05) is 6.07 Å². The van der Waals surface area contributed by atoms with E-state index in [2.05, 4.69) is 47.5 Å². The lowest BCUT2D eigenvalue weighted by Crippen LogP contribution is -2.27. The predicted molar refractivity (Wildman–Crippen MR) is 92.6 cm³/mol. The molecule has 0 bridgehead atoms. The van der Waals surface area contributed by atoms with Crippen molar-refractivity contribution in [3.8, 4) is 0 Å². The molecular formula is C14H15Br2N3OS. The first-order valence-corrected chi connectivity index (χ1v) is 8.89. The second-order valence-electron chi connectivity index (χ2n) is 4.39. The molecule has 2 N–H and O–H groups in total. The van der Waals surface area contributed by atoms with Crippen molar-refractivity contribution in [3.05, 3.63) is 49.3 Å². The highest BCUT2D eigenvalue weighted by atomic mass is 79.9. The Labute approximate surface area is 144 Å². The van der Waals surface area contributed by atoms with Gasteiger partial charge in [0.2, 0.25) is 0 Å². The van der Waals surface area contributed by atoms with Crippen LogP contribution in [0.1, 0.15) is 22.3 Å². The zero-order valence-corrected chi connectivity index (χ0v) is 15.2. The largest absolute Gasteiger partial charge is 0.352 e. The molecule has 0 aromatic carbocycles. The van der Waals surface area contributed by atoms with Crippen molar-refractivity contribution in [2.75, 3.05) is 13.1 Å². The molecule has 0 aliphatic heterocycles. The quantitative estimate of drug-likeness (QED) is 0.657. The van der Waals surface area contributed by atoms with Crippen LogP contribution in [0.3, 0.4) is 0 Å². The molecular weight excluding hydrogens is 418 g/mol. The fourth-order valence-electron chi connectivity index (χ4n) is 1.74. The third-order valence-corrected chi connectivity index (χ3v) is 5.11. The fraction of sp³-hybridized carbons (Fsp3) is 0.286. The van der Waals surface area contributed by atoms with Crippen LogP contribution in [0.2, 0.25) is 0 Å². The number of hydrogen-bond donors (Lipinski definition) is 2. The van der Waals surface area contributed by atoms with Crippen LogP contribution in [-0.4, -0.2) is 24.0 Å². The average Bonchev–Trinajstić information content (AvgIpc) is 2.82. The van der Waals surface area contributed by atoms with E-state index in [4.69, 9.17) is 0 Å². The third-order valence-electron chi connectivity index (χ3n) is 2.77. The van der Waals surface area contributed by atoms with Crippen molar-refractivity contribution in [2.24, 2.45) is 0 Å². The van der Waals surface area contributed by atoms with E-state index < -0.39 is 0 Å². The van der Waals surface area contributed by atoms with Gasteiger partial charge < -0.3 is 10.6 Å². The number of pyridine rings is 1. The Balaban J connectivity index is 1.62. The van der Waals surface area contributed by atoms with Gasteiger partial charge in [-0.3, -0.25) is 9.78 Å². The van der Waals surface area contributed by atoms with Crippen LogP contribution >= 0.6 is 43.2 Å². The summed E-state index contributed by atoms with van der Waals surface area (Å²) in [6.45, 7) is 2.30. The number of carbonyl (C=O) groups is 1. The van der Waals surface area contributed by atoms with Crippen LogP contribution in [0.25, 0.3) is 0 Å². The monoisotopic (exact) mass is 431 g/mol. The summed E-state index contributed by atoms with van der Waals surface area (Å²) in [6.07, 6.45) is 4.50. The highest BCUT2D eigenvalue weighted by Crippen LogP contribution is 2.31. The molecule has 2 rings (SSSR count). The van der Waals surface area contributed by atoms with Crippen LogP contribution in [0.15, 0.2) is 38.2 Å². The van der Waals surface area contributed by atoms with Gasteiger partial charge in [0.15, 0.2) is 0 Å². The van der Waals surface area contributed by atoms with E-state index in [0.717, 1.165) is 32.6 Å². The molecule has 112 valence electrons. The van der Waals surface area contributed by atoms with Gasteiger partial charge in [0.05, 0.1) is 13.1 Å². The number of nitrogens with one attached hydrogen (secondary N) is 2. The molecule has 0 unspecified atom stereocenters. The normalized spacial score (nSPS) is 10.6. The summed E-state index contributed by atoms with van der Waals surface area (Å²) in [5.41, 5.74) is 1.84. The smallest absolute Gasteiger partial charge is 0.253 e.